The van der Waals surface area contributed by atoms with Gasteiger partial charge in [0.25, 0.3) is 0 Å². The number of fused-ring (bicyclic) bond motifs is 1. The van der Waals surface area contributed by atoms with Gasteiger partial charge in [-0.2, -0.15) is 0 Å². The summed E-state index contributed by atoms with van der Waals surface area (Å²) in [6, 6.07) is 4.13. The fraction of sp³-hybridized carbons (Fsp3) is 0.111. The molecule has 60 valence electrons. The quantitative estimate of drug-likeness (QED) is 0.687. The summed E-state index contributed by atoms with van der Waals surface area (Å²) in [7, 11) is 0. The van der Waals surface area contributed by atoms with Crippen LogP contribution in [-0.2, 0) is 0 Å². The van der Waals surface area contributed by atoms with Crippen LogP contribution in [0.4, 0.5) is 0 Å². The second-order valence-corrected chi connectivity index (χ2v) is 3.80. The Morgan fingerprint density at radius 1 is 1.33 bits per heavy atom. The van der Waals surface area contributed by atoms with Crippen molar-refractivity contribution in [3.8, 4) is 0 Å². The van der Waals surface area contributed by atoms with Gasteiger partial charge in [-0.15, -0.1) is 0 Å². The molecule has 0 radical (unpaired) electrons. The third-order valence-electron chi connectivity index (χ3n) is 1.86. The summed E-state index contributed by atoms with van der Waals surface area (Å²) in [5, 5.41) is 1.11. The number of hydrogen-bond donors (Lipinski definition) is 0. The van der Waals surface area contributed by atoms with Gasteiger partial charge in [0, 0.05) is 15.2 Å². The zero-order chi connectivity index (χ0) is 8.55. The SMILES string of the molecule is Cc1c(I)ccc2cncnc12. The summed E-state index contributed by atoms with van der Waals surface area (Å²) in [5.74, 6) is 0. The molecule has 1 aromatic carbocycles. The molecule has 2 aromatic rings. The van der Waals surface area contributed by atoms with Crippen molar-refractivity contribution in [1.29, 1.82) is 0 Å². The lowest BCUT2D eigenvalue weighted by Crippen LogP contribution is -1.87. The summed E-state index contributed by atoms with van der Waals surface area (Å²) in [6.45, 7) is 2.08. The Labute approximate surface area is 84.2 Å². The van der Waals surface area contributed by atoms with E-state index >= 15 is 0 Å². The molecule has 0 fully saturated rings. The Balaban J connectivity index is 2.91. The van der Waals surface area contributed by atoms with E-state index in [9.17, 15) is 0 Å². The molecule has 0 aliphatic rings. The molecule has 0 atom stereocenters. The highest BCUT2D eigenvalue weighted by Crippen LogP contribution is 2.19. The molecule has 2 nitrogen and oxygen atoms in total. The highest BCUT2D eigenvalue weighted by atomic mass is 127. The van der Waals surface area contributed by atoms with Crippen molar-refractivity contribution in [2.45, 2.75) is 6.92 Å². The minimum Gasteiger partial charge on any atom is -0.244 e. The highest BCUT2D eigenvalue weighted by molar-refractivity contribution is 14.1. The number of nitrogens with zero attached hydrogens (tertiary/aromatic N) is 2. The molecule has 0 aliphatic heterocycles. The van der Waals surface area contributed by atoms with Gasteiger partial charge in [0.1, 0.15) is 6.33 Å². The van der Waals surface area contributed by atoms with E-state index in [1.54, 1.807) is 6.33 Å². The molecule has 0 amide bonds. The van der Waals surface area contributed by atoms with Crippen LogP contribution in [0, 0.1) is 10.5 Å². The average molecular weight is 270 g/mol. The standard InChI is InChI=1S/C9H7IN2/c1-6-8(10)3-2-7-4-11-5-12-9(6)7/h2-5H,1H3. The zero-order valence-corrected chi connectivity index (χ0v) is 8.74. The van der Waals surface area contributed by atoms with E-state index < -0.39 is 0 Å². The molecule has 12 heavy (non-hydrogen) atoms. The van der Waals surface area contributed by atoms with Crippen LogP contribution in [0.3, 0.4) is 0 Å². The van der Waals surface area contributed by atoms with Crippen LogP contribution in [0.5, 0.6) is 0 Å². The van der Waals surface area contributed by atoms with Crippen molar-refractivity contribution < 1.29 is 0 Å². The van der Waals surface area contributed by atoms with Gasteiger partial charge in [-0.05, 0) is 41.1 Å². The Hall–Kier alpha value is -0.710. The van der Waals surface area contributed by atoms with Crippen molar-refractivity contribution in [3.05, 3.63) is 33.8 Å². The Bertz CT molecular complexity index is 426. The monoisotopic (exact) mass is 270 g/mol. The van der Waals surface area contributed by atoms with Crippen LogP contribution in [0.2, 0.25) is 0 Å². The molecule has 0 aliphatic carbocycles. The molecule has 3 heteroatoms. The molecule has 2 rings (SSSR count). The minimum absolute atomic E-state index is 1.05. The van der Waals surface area contributed by atoms with Gasteiger partial charge in [-0.25, -0.2) is 9.97 Å². The smallest absolute Gasteiger partial charge is 0.116 e. The Morgan fingerprint density at radius 2 is 2.17 bits per heavy atom. The number of aromatic nitrogens is 2. The molecule has 1 heterocycles. The van der Waals surface area contributed by atoms with Crippen molar-refractivity contribution in [2.75, 3.05) is 0 Å². The second kappa shape index (κ2) is 2.97. The summed E-state index contributed by atoms with van der Waals surface area (Å²) >= 11 is 2.31. The van der Waals surface area contributed by atoms with E-state index in [0.29, 0.717) is 0 Å². The maximum Gasteiger partial charge on any atom is 0.116 e. The molecule has 0 saturated heterocycles. The van der Waals surface area contributed by atoms with Gasteiger partial charge in [-0.1, -0.05) is 6.07 Å². The predicted octanol–water partition coefficient (Wildman–Crippen LogP) is 2.54. The molecular formula is C9H7IN2. The maximum atomic E-state index is 4.23. The fourth-order valence-corrected chi connectivity index (χ4v) is 1.61. The van der Waals surface area contributed by atoms with E-state index in [1.807, 2.05) is 12.3 Å². The fourth-order valence-electron chi connectivity index (χ4n) is 1.18. The van der Waals surface area contributed by atoms with Gasteiger partial charge >= 0.3 is 0 Å². The molecule has 0 bridgehead atoms. The van der Waals surface area contributed by atoms with Crippen molar-refractivity contribution in [1.82, 2.24) is 9.97 Å². The average Bonchev–Trinajstić information content (AvgIpc) is 2.12. The van der Waals surface area contributed by atoms with Crippen LogP contribution < -0.4 is 0 Å². The van der Waals surface area contributed by atoms with Crippen molar-refractivity contribution >= 4 is 33.5 Å². The van der Waals surface area contributed by atoms with Crippen molar-refractivity contribution in [2.24, 2.45) is 0 Å². The zero-order valence-electron chi connectivity index (χ0n) is 6.58. The normalized spacial score (nSPS) is 10.5. The number of aryl methyl sites for hydroxylation is 1. The van der Waals surface area contributed by atoms with Gasteiger partial charge in [-0.3, -0.25) is 0 Å². The van der Waals surface area contributed by atoms with Crippen LogP contribution in [0.15, 0.2) is 24.7 Å². The van der Waals surface area contributed by atoms with E-state index in [-0.39, 0.29) is 0 Å². The Kier molecular flexibility index (Phi) is 1.96. The van der Waals surface area contributed by atoms with Crippen LogP contribution in [0.1, 0.15) is 5.56 Å². The van der Waals surface area contributed by atoms with Crippen molar-refractivity contribution in [3.63, 3.8) is 0 Å². The second-order valence-electron chi connectivity index (χ2n) is 2.63. The summed E-state index contributed by atoms with van der Waals surface area (Å²) in [4.78, 5) is 8.20. The summed E-state index contributed by atoms with van der Waals surface area (Å²) in [5.41, 5.74) is 2.28. The molecule has 0 spiro atoms. The first-order valence-electron chi connectivity index (χ1n) is 3.64. The topological polar surface area (TPSA) is 25.8 Å². The van der Waals surface area contributed by atoms with E-state index in [1.165, 1.54) is 9.13 Å². The van der Waals surface area contributed by atoms with Crippen LogP contribution >= 0.6 is 22.6 Å². The molecule has 0 N–H and O–H groups in total. The Morgan fingerprint density at radius 3 is 3.00 bits per heavy atom. The lowest BCUT2D eigenvalue weighted by atomic mass is 10.1. The maximum absolute atomic E-state index is 4.23. The van der Waals surface area contributed by atoms with Crippen LogP contribution in [0.25, 0.3) is 10.9 Å². The minimum atomic E-state index is 1.05. The van der Waals surface area contributed by atoms with Gasteiger partial charge in [0.15, 0.2) is 0 Å². The first-order valence-corrected chi connectivity index (χ1v) is 4.72. The van der Waals surface area contributed by atoms with E-state index in [2.05, 4.69) is 45.5 Å². The molecule has 0 unspecified atom stereocenters. The highest BCUT2D eigenvalue weighted by Gasteiger charge is 2.00. The van der Waals surface area contributed by atoms with Gasteiger partial charge in [0.2, 0.25) is 0 Å². The largest absolute Gasteiger partial charge is 0.244 e. The van der Waals surface area contributed by atoms with Gasteiger partial charge < -0.3 is 0 Å². The first kappa shape index (κ1) is 7.91. The third kappa shape index (κ3) is 1.18. The summed E-state index contributed by atoms with van der Waals surface area (Å²) < 4.78 is 1.25. The van der Waals surface area contributed by atoms with E-state index in [4.69, 9.17) is 0 Å². The summed E-state index contributed by atoms with van der Waals surface area (Å²) in [6.07, 6.45) is 3.43. The lowest BCUT2D eigenvalue weighted by Gasteiger charge is -2.01. The number of benzene rings is 1. The van der Waals surface area contributed by atoms with Crippen LogP contribution in [-0.4, -0.2) is 9.97 Å². The molecular weight excluding hydrogens is 263 g/mol. The van der Waals surface area contributed by atoms with E-state index in [0.717, 1.165) is 10.9 Å². The number of hydrogen-bond acceptors (Lipinski definition) is 2. The number of rotatable bonds is 0. The molecule has 0 saturated carbocycles. The molecule has 1 aromatic heterocycles. The first-order chi connectivity index (χ1) is 5.79. The third-order valence-corrected chi connectivity index (χ3v) is 3.03. The predicted molar refractivity (Wildman–Crippen MR) is 57.0 cm³/mol. The number of halogens is 1. The van der Waals surface area contributed by atoms with Gasteiger partial charge in [0.05, 0.1) is 5.52 Å². The lowest BCUT2D eigenvalue weighted by molar-refractivity contribution is 1.21.